The van der Waals surface area contributed by atoms with Crippen LogP contribution in [0.5, 0.6) is 0 Å². The predicted molar refractivity (Wildman–Crippen MR) is 64.4 cm³/mol. The Bertz CT molecular complexity index is 541. The van der Waals surface area contributed by atoms with E-state index < -0.39 is 0 Å². The summed E-state index contributed by atoms with van der Waals surface area (Å²) in [6, 6.07) is 9.52. The molecule has 17 heavy (non-hydrogen) atoms. The number of methoxy groups -OCH3 is 1. The van der Waals surface area contributed by atoms with Crippen LogP contribution in [0, 0.1) is 13.8 Å². The largest absolute Gasteiger partial charge is 0.464 e. The van der Waals surface area contributed by atoms with Crippen molar-refractivity contribution in [1.82, 2.24) is 9.78 Å². The van der Waals surface area contributed by atoms with Crippen molar-refractivity contribution in [1.29, 1.82) is 0 Å². The monoisotopic (exact) mass is 230 g/mol. The van der Waals surface area contributed by atoms with E-state index in [1.807, 2.05) is 38.1 Å². The highest BCUT2D eigenvalue weighted by Crippen LogP contribution is 2.14. The van der Waals surface area contributed by atoms with E-state index in [1.54, 1.807) is 10.7 Å². The Morgan fingerprint density at radius 3 is 2.47 bits per heavy atom. The molecule has 0 radical (unpaired) electrons. The Morgan fingerprint density at radius 2 is 1.88 bits per heavy atom. The minimum absolute atomic E-state index is 0.383. The molecule has 4 nitrogen and oxygen atoms in total. The number of hydrogen-bond donors (Lipinski definition) is 0. The van der Waals surface area contributed by atoms with Gasteiger partial charge in [-0.15, -0.1) is 0 Å². The molecule has 4 heteroatoms. The second-order valence-corrected chi connectivity index (χ2v) is 3.91. The quantitative estimate of drug-likeness (QED) is 0.743. The third-order valence-electron chi connectivity index (χ3n) is 2.50. The number of rotatable bonds is 2. The van der Waals surface area contributed by atoms with E-state index in [9.17, 15) is 4.79 Å². The van der Waals surface area contributed by atoms with Gasteiger partial charge in [0.25, 0.3) is 0 Å². The topological polar surface area (TPSA) is 44.1 Å². The van der Waals surface area contributed by atoms with Crippen LogP contribution >= 0.6 is 0 Å². The second-order valence-electron chi connectivity index (χ2n) is 3.91. The van der Waals surface area contributed by atoms with Crippen molar-refractivity contribution in [2.75, 3.05) is 7.11 Å². The molecule has 1 aromatic heterocycles. The number of carbonyl (C=O) groups is 1. The Kier molecular flexibility index (Phi) is 2.95. The normalized spacial score (nSPS) is 10.3. The summed E-state index contributed by atoms with van der Waals surface area (Å²) in [5.74, 6) is -0.383. The Morgan fingerprint density at radius 1 is 1.24 bits per heavy atom. The first-order chi connectivity index (χ1) is 8.11. The van der Waals surface area contributed by atoms with E-state index in [2.05, 4.69) is 5.10 Å². The Balaban J connectivity index is 2.51. The van der Waals surface area contributed by atoms with Crippen molar-refractivity contribution in [2.45, 2.75) is 13.8 Å². The van der Waals surface area contributed by atoms with Gasteiger partial charge in [0.05, 0.1) is 18.5 Å². The van der Waals surface area contributed by atoms with Gasteiger partial charge in [0, 0.05) is 0 Å². The molecule has 0 amide bonds. The van der Waals surface area contributed by atoms with Crippen LogP contribution in [-0.4, -0.2) is 22.9 Å². The van der Waals surface area contributed by atoms with Gasteiger partial charge in [-0.3, -0.25) is 0 Å². The highest BCUT2D eigenvalue weighted by Gasteiger charge is 2.15. The third kappa shape index (κ3) is 2.20. The number of nitrogens with zero attached hydrogens (tertiary/aromatic N) is 2. The highest BCUT2D eigenvalue weighted by atomic mass is 16.5. The van der Waals surface area contributed by atoms with Gasteiger partial charge in [0.2, 0.25) is 0 Å². The third-order valence-corrected chi connectivity index (χ3v) is 2.50. The van der Waals surface area contributed by atoms with Crippen LogP contribution in [-0.2, 0) is 4.74 Å². The number of benzene rings is 1. The van der Waals surface area contributed by atoms with Crippen molar-refractivity contribution < 1.29 is 9.53 Å². The summed E-state index contributed by atoms with van der Waals surface area (Å²) in [6.07, 6.45) is 0. The van der Waals surface area contributed by atoms with Gasteiger partial charge < -0.3 is 4.74 Å². The maximum atomic E-state index is 11.6. The van der Waals surface area contributed by atoms with Crippen LogP contribution in [0.25, 0.3) is 5.69 Å². The van der Waals surface area contributed by atoms with Gasteiger partial charge in [-0.1, -0.05) is 17.7 Å². The molecule has 0 unspecified atom stereocenters. The molecular weight excluding hydrogens is 216 g/mol. The minimum Gasteiger partial charge on any atom is -0.464 e. The van der Waals surface area contributed by atoms with E-state index in [1.165, 1.54) is 7.11 Å². The lowest BCUT2D eigenvalue weighted by Gasteiger charge is -2.05. The molecule has 2 rings (SSSR count). The predicted octanol–water partition coefficient (Wildman–Crippen LogP) is 2.28. The lowest BCUT2D eigenvalue weighted by Crippen LogP contribution is -2.10. The van der Waals surface area contributed by atoms with Gasteiger partial charge in [0.15, 0.2) is 5.69 Å². The molecule has 0 aliphatic heterocycles. The molecule has 0 saturated carbocycles. The standard InChI is InChI=1S/C13H14N2O2/c1-9-4-6-11(7-5-9)15-12(13(16)17-3)8-10(2)14-15/h4-8H,1-3H3. The molecule has 0 bridgehead atoms. The van der Waals surface area contributed by atoms with Gasteiger partial charge in [0.1, 0.15) is 0 Å². The zero-order valence-corrected chi connectivity index (χ0v) is 10.1. The number of carbonyl (C=O) groups excluding carboxylic acids is 1. The van der Waals surface area contributed by atoms with Gasteiger partial charge in [-0.25, -0.2) is 9.48 Å². The molecule has 0 spiro atoms. The maximum absolute atomic E-state index is 11.6. The van der Waals surface area contributed by atoms with E-state index in [0.717, 1.165) is 16.9 Å². The molecule has 0 aliphatic rings. The molecule has 1 heterocycles. The molecule has 88 valence electrons. The fraction of sp³-hybridized carbons (Fsp3) is 0.231. The maximum Gasteiger partial charge on any atom is 0.356 e. The lowest BCUT2D eigenvalue weighted by molar-refractivity contribution is 0.0590. The van der Waals surface area contributed by atoms with Crippen LogP contribution < -0.4 is 0 Å². The molecule has 0 aliphatic carbocycles. The van der Waals surface area contributed by atoms with E-state index in [4.69, 9.17) is 4.74 Å². The minimum atomic E-state index is -0.383. The summed E-state index contributed by atoms with van der Waals surface area (Å²) in [7, 11) is 1.37. The first kappa shape index (κ1) is 11.4. The molecule has 2 aromatic rings. The van der Waals surface area contributed by atoms with Gasteiger partial charge in [-0.05, 0) is 32.0 Å². The average Bonchev–Trinajstić information content (AvgIpc) is 2.71. The van der Waals surface area contributed by atoms with Crippen LogP contribution in [0.4, 0.5) is 0 Å². The fourth-order valence-electron chi connectivity index (χ4n) is 1.63. The smallest absolute Gasteiger partial charge is 0.356 e. The molecule has 0 fully saturated rings. The Labute approximate surface area is 99.8 Å². The van der Waals surface area contributed by atoms with E-state index in [0.29, 0.717) is 5.69 Å². The van der Waals surface area contributed by atoms with Gasteiger partial charge in [-0.2, -0.15) is 5.10 Å². The fourth-order valence-corrected chi connectivity index (χ4v) is 1.63. The van der Waals surface area contributed by atoms with Gasteiger partial charge >= 0.3 is 5.97 Å². The van der Waals surface area contributed by atoms with Crippen LogP contribution in [0.3, 0.4) is 0 Å². The van der Waals surface area contributed by atoms with Crippen molar-refractivity contribution in [3.63, 3.8) is 0 Å². The van der Waals surface area contributed by atoms with Crippen molar-refractivity contribution in [3.05, 3.63) is 47.3 Å². The summed E-state index contributed by atoms with van der Waals surface area (Å²) in [5, 5.41) is 4.30. The van der Waals surface area contributed by atoms with E-state index >= 15 is 0 Å². The highest BCUT2D eigenvalue weighted by molar-refractivity contribution is 5.88. The van der Waals surface area contributed by atoms with Crippen LogP contribution in [0.15, 0.2) is 30.3 Å². The number of aryl methyl sites for hydroxylation is 2. The molecule has 0 N–H and O–H groups in total. The first-order valence-electron chi connectivity index (χ1n) is 5.34. The van der Waals surface area contributed by atoms with Crippen molar-refractivity contribution >= 4 is 5.97 Å². The number of esters is 1. The first-order valence-corrected chi connectivity index (χ1v) is 5.34. The van der Waals surface area contributed by atoms with Crippen molar-refractivity contribution in [3.8, 4) is 5.69 Å². The zero-order chi connectivity index (χ0) is 12.4. The van der Waals surface area contributed by atoms with Crippen LogP contribution in [0.2, 0.25) is 0 Å². The summed E-state index contributed by atoms with van der Waals surface area (Å²) in [5.41, 5.74) is 3.24. The number of hydrogen-bond acceptors (Lipinski definition) is 3. The molecular formula is C13H14N2O2. The second kappa shape index (κ2) is 4.41. The number of aromatic nitrogens is 2. The van der Waals surface area contributed by atoms with Crippen molar-refractivity contribution in [2.24, 2.45) is 0 Å². The summed E-state index contributed by atoms with van der Waals surface area (Å²) in [6.45, 7) is 3.86. The zero-order valence-electron chi connectivity index (χ0n) is 10.1. The summed E-state index contributed by atoms with van der Waals surface area (Å²) in [4.78, 5) is 11.6. The molecule has 1 aromatic carbocycles. The van der Waals surface area contributed by atoms with E-state index in [-0.39, 0.29) is 5.97 Å². The molecule has 0 atom stereocenters. The summed E-state index contributed by atoms with van der Waals surface area (Å²) >= 11 is 0. The average molecular weight is 230 g/mol. The SMILES string of the molecule is COC(=O)c1cc(C)nn1-c1ccc(C)cc1. The van der Waals surface area contributed by atoms with Crippen LogP contribution in [0.1, 0.15) is 21.7 Å². The lowest BCUT2D eigenvalue weighted by atomic mass is 10.2. The number of ether oxygens (including phenoxy) is 1. The Hall–Kier alpha value is -2.10. The molecule has 0 saturated heterocycles. The summed E-state index contributed by atoms with van der Waals surface area (Å²) < 4.78 is 6.33.